The van der Waals surface area contributed by atoms with E-state index in [9.17, 15) is 14.4 Å². The molecule has 3 rings (SSSR count). The molecule has 0 saturated carbocycles. The number of nitrogens with two attached hydrogens (primary N) is 2. The van der Waals surface area contributed by atoms with Crippen LogP contribution in [-0.2, 0) is 19.1 Å². The Morgan fingerprint density at radius 2 is 1.55 bits per heavy atom. The Balaban J connectivity index is 1.62. The summed E-state index contributed by atoms with van der Waals surface area (Å²) >= 11 is 0. The summed E-state index contributed by atoms with van der Waals surface area (Å²) in [5.74, 6) is -1.48. The molecule has 204 valence electrons. The standard InChI is InChI=1S/C28H37N5O5/c1-4-37-26(35)23(14-9-15-31-27(29)30)32-25(34)24(17(2)3)33-28(36)38-16-22-20-12-7-5-10-18(20)19-11-6-8-13-21(19)22/h5-8,10-13,17,22-24H,4,9,14-16H2,1-3H3,(H,32,34)(H,33,36)(H4,29,30,31)/t23-,24-/m0/s1. The average molecular weight is 524 g/mol. The second kappa shape index (κ2) is 13.5. The Labute approximate surface area is 223 Å². The van der Waals surface area contributed by atoms with Gasteiger partial charge in [-0.05, 0) is 47.9 Å². The van der Waals surface area contributed by atoms with E-state index in [1.807, 2.05) is 36.4 Å². The molecule has 0 aromatic heterocycles. The first-order chi connectivity index (χ1) is 18.2. The predicted molar refractivity (Wildman–Crippen MR) is 145 cm³/mol. The van der Waals surface area contributed by atoms with Gasteiger partial charge in [0, 0.05) is 12.5 Å². The van der Waals surface area contributed by atoms with Crippen LogP contribution in [0.25, 0.3) is 11.1 Å². The number of nitrogens with zero attached hydrogens (tertiary/aromatic N) is 1. The lowest BCUT2D eigenvalue weighted by atomic mass is 9.98. The van der Waals surface area contributed by atoms with Crippen molar-refractivity contribution < 1.29 is 23.9 Å². The van der Waals surface area contributed by atoms with Crippen LogP contribution < -0.4 is 22.1 Å². The van der Waals surface area contributed by atoms with Crippen molar-refractivity contribution in [3.05, 3.63) is 59.7 Å². The van der Waals surface area contributed by atoms with Gasteiger partial charge in [0.15, 0.2) is 5.96 Å². The number of carbonyl (C=O) groups excluding carboxylic acids is 3. The number of benzene rings is 2. The summed E-state index contributed by atoms with van der Waals surface area (Å²) in [6.45, 7) is 5.89. The van der Waals surface area contributed by atoms with Crippen molar-refractivity contribution in [3.8, 4) is 11.1 Å². The number of rotatable bonds is 12. The smallest absolute Gasteiger partial charge is 0.407 e. The maximum atomic E-state index is 13.1. The van der Waals surface area contributed by atoms with E-state index < -0.39 is 30.1 Å². The highest BCUT2D eigenvalue weighted by molar-refractivity contribution is 5.90. The molecule has 2 aromatic rings. The van der Waals surface area contributed by atoms with Gasteiger partial charge in [0.1, 0.15) is 18.7 Å². The maximum absolute atomic E-state index is 13.1. The minimum atomic E-state index is -0.916. The number of esters is 1. The Kier molecular flexibility index (Phi) is 10.1. The van der Waals surface area contributed by atoms with Gasteiger partial charge in [-0.3, -0.25) is 9.79 Å². The SMILES string of the molecule is CCOC(=O)[C@H](CCCN=C(N)N)NC(=O)[C@@H](NC(=O)OCC1c2ccccc2-c2ccccc21)C(C)C. The molecule has 0 bridgehead atoms. The van der Waals surface area contributed by atoms with Crippen LogP contribution in [0, 0.1) is 5.92 Å². The number of ether oxygens (including phenoxy) is 2. The number of hydrogen-bond donors (Lipinski definition) is 4. The van der Waals surface area contributed by atoms with Gasteiger partial charge in [0.05, 0.1) is 6.61 Å². The van der Waals surface area contributed by atoms with Gasteiger partial charge < -0.3 is 31.6 Å². The zero-order valence-electron chi connectivity index (χ0n) is 22.1. The molecule has 2 atom stereocenters. The molecule has 10 nitrogen and oxygen atoms in total. The van der Waals surface area contributed by atoms with Gasteiger partial charge in [0.2, 0.25) is 5.91 Å². The summed E-state index contributed by atoms with van der Waals surface area (Å²) < 4.78 is 10.7. The third-order valence-corrected chi connectivity index (χ3v) is 6.40. The Morgan fingerprint density at radius 3 is 2.11 bits per heavy atom. The molecule has 0 saturated heterocycles. The van der Waals surface area contributed by atoms with Crippen molar-refractivity contribution in [3.63, 3.8) is 0 Å². The van der Waals surface area contributed by atoms with E-state index in [2.05, 4.69) is 27.8 Å². The highest BCUT2D eigenvalue weighted by Crippen LogP contribution is 2.44. The fourth-order valence-corrected chi connectivity index (χ4v) is 4.56. The number of aliphatic imine (C=N–C) groups is 1. The van der Waals surface area contributed by atoms with Crippen LogP contribution in [0.1, 0.15) is 50.7 Å². The van der Waals surface area contributed by atoms with Crippen molar-refractivity contribution >= 4 is 23.9 Å². The summed E-state index contributed by atoms with van der Waals surface area (Å²) in [7, 11) is 0. The minimum absolute atomic E-state index is 0.0473. The molecule has 2 aromatic carbocycles. The fraction of sp³-hybridized carbons (Fsp3) is 0.429. The number of nitrogens with one attached hydrogen (secondary N) is 2. The zero-order chi connectivity index (χ0) is 27.7. The molecule has 10 heteroatoms. The van der Waals surface area contributed by atoms with Crippen molar-refractivity contribution in [2.45, 2.75) is 51.6 Å². The van der Waals surface area contributed by atoms with E-state index in [-0.39, 0.29) is 37.4 Å². The van der Waals surface area contributed by atoms with Crippen LogP contribution in [0.15, 0.2) is 53.5 Å². The molecule has 0 fully saturated rings. The van der Waals surface area contributed by atoms with E-state index in [0.717, 1.165) is 22.3 Å². The molecule has 2 amide bonds. The van der Waals surface area contributed by atoms with Crippen LogP contribution in [0.5, 0.6) is 0 Å². The zero-order valence-corrected chi connectivity index (χ0v) is 22.1. The molecule has 0 unspecified atom stereocenters. The van der Waals surface area contributed by atoms with Crippen LogP contribution in [-0.4, -0.2) is 55.8 Å². The molecule has 1 aliphatic carbocycles. The van der Waals surface area contributed by atoms with Crippen molar-refractivity contribution in [1.29, 1.82) is 0 Å². The number of guanidine groups is 1. The number of alkyl carbamates (subject to hydrolysis) is 1. The van der Waals surface area contributed by atoms with E-state index in [1.165, 1.54) is 0 Å². The molecular weight excluding hydrogens is 486 g/mol. The molecular formula is C28H37N5O5. The summed E-state index contributed by atoms with van der Waals surface area (Å²) in [4.78, 5) is 42.2. The van der Waals surface area contributed by atoms with E-state index >= 15 is 0 Å². The minimum Gasteiger partial charge on any atom is -0.464 e. The molecule has 0 spiro atoms. The van der Waals surface area contributed by atoms with Crippen molar-refractivity contribution in [2.24, 2.45) is 22.4 Å². The largest absolute Gasteiger partial charge is 0.464 e. The summed E-state index contributed by atoms with van der Waals surface area (Å²) in [5.41, 5.74) is 15.1. The van der Waals surface area contributed by atoms with Crippen molar-refractivity contribution in [2.75, 3.05) is 19.8 Å². The van der Waals surface area contributed by atoms with Crippen LogP contribution in [0.4, 0.5) is 4.79 Å². The first-order valence-corrected chi connectivity index (χ1v) is 12.9. The fourth-order valence-electron chi connectivity index (χ4n) is 4.56. The summed E-state index contributed by atoms with van der Waals surface area (Å²) in [6, 6.07) is 14.3. The Morgan fingerprint density at radius 1 is 0.947 bits per heavy atom. The third kappa shape index (κ3) is 7.24. The van der Waals surface area contributed by atoms with Gasteiger partial charge in [-0.2, -0.15) is 0 Å². The number of fused-ring (bicyclic) bond motifs is 3. The highest BCUT2D eigenvalue weighted by atomic mass is 16.5. The third-order valence-electron chi connectivity index (χ3n) is 6.40. The first-order valence-electron chi connectivity index (χ1n) is 12.9. The van der Waals surface area contributed by atoms with Crippen LogP contribution in [0.2, 0.25) is 0 Å². The predicted octanol–water partition coefficient (Wildman–Crippen LogP) is 2.65. The van der Waals surface area contributed by atoms with Gasteiger partial charge >= 0.3 is 12.1 Å². The Bertz CT molecular complexity index is 1120. The molecule has 0 radical (unpaired) electrons. The average Bonchev–Trinajstić information content (AvgIpc) is 3.21. The molecule has 6 N–H and O–H groups in total. The molecule has 38 heavy (non-hydrogen) atoms. The van der Waals surface area contributed by atoms with E-state index in [0.29, 0.717) is 13.0 Å². The number of carbonyl (C=O) groups is 3. The van der Waals surface area contributed by atoms with Gasteiger partial charge in [0.25, 0.3) is 0 Å². The topological polar surface area (TPSA) is 158 Å². The van der Waals surface area contributed by atoms with Crippen LogP contribution >= 0.6 is 0 Å². The van der Waals surface area contributed by atoms with E-state index in [1.54, 1.807) is 20.8 Å². The monoisotopic (exact) mass is 523 g/mol. The quantitative estimate of drug-likeness (QED) is 0.144. The normalized spacial score (nSPS) is 13.6. The first kappa shape index (κ1) is 28.5. The maximum Gasteiger partial charge on any atom is 0.407 e. The molecule has 1 aliphatic rings. The van der Waals surface area contributed by atoms with Crippen LogP contribution in [0.3, 0.4) is 0 Å². The van der Waals surface area contributed by atoms with Gasteiger partial charge in [-0.15, -0.1) is 0 Å². The molecule has 0 heterocycles. The second-order valence-electron chi connectivity index (χ2n) is 9.45. The van der Waals surface area contributed by atoms with Gasteiger partial charge in [-0.25, -0.2) is 9.59 Å². The summed E-state index contributed by atoms with van der Waals surface area (Å²) in [5, 5.41) is 5.37. The summed E-state index contributed by atoms with van der Waals surface area (Å²) in [6.07, 6.45) is 0.0198. The highest BCUT2D eigenvalue weighted by Gasteiger charge is 2.32. The van der Waals surface area contributed by atoms with E-state index in [4.69, 9.17) is 20.9 Å². The lowest BCUT2D eigenvalue weighted by molar-refractivity contribution is -0.148. The number of amides is 2. The lowest BCUT2D eigenvalue weighted by Gasteiger charge is -2.25. The molecule has 0 aliphatic heterocycles. The number of hydrogen-bond acceptors (Lipinski definition) is 6. The van der Waals surface area contributed by atoms with Gasteiger partial charge in [-0.1, -0.05) is 62.4 Å². The van der Waals surface area contributed by atoms with Crippen molar-refractivity contribution in [1.82, 2.24) is 10.6 Å². The lowest BCUT2D eigenvalue weighted by Crippen LogP contribution is -2.54. The second-order valence-corrected chi connectivity index (χ2v) is 9.45. The Hall–Kier alpha value is -4.08.